The molecule has 0 radical (unpaired) electrons. The summed E-state index contributed by atoms with van der Waals surface area (Å²) in [5.41, 5.74) is 2.46. The third kappa shape index (κ3) is 8.59. The van der Waals surface area contributed by atoms with Crippen molar-refractivity contribution in [2.24, 2.45) is 5.41 Å². The van der Waals surface area contributed by atoms with E-state index in [-0.39, 0.29) is 23.6 Å². The van der Waals surface area contributed by atoms with E-state index in [1.165, 1.54) is 6.07 Å². The summed E-state index contributed by atoms with van der Waals surface area (Å²) < 4.78 is 13.6. The maximum Gasteiger partial charge on any atom is 0.130 e. The third-order valence-electron chi connectivity index (χ3n) is 3.01. The van der Waals surface area contributed by atoms with E-state index < -0.39 is 0 Å². The predicted molar refractivity (Wildman–Crippen MR) is 101 cm³/mol. The first kappa shape index (κ1) is 21.4. The molecule has 0 saturated carbocycles. The number of hydrogen-bond acceptors (Lipinski definition) is 1. The Hall–Kier alpha value is -1.56. The van der Waals surface area contributed by atoms with Crippen LogP contribution in [-0.4, -0.2) is 18.5 Å². The van der Waals surface area contributed by atoms with E-state index in [0.29, 0.717) is 5.56 Å². The van der Waals surface area contributed by atoms with Gasteiger partial charge in [-0.1, -0.05) is 30.6 Å². The van der Waals surface area contributed by atoms with E-state index in [4.69, 9.17) is 0 Å². The molecule has 126 valence electrons. The zero-order valence-corrected chi connectivity index (χ0v) is 15.6. The van der Waals surface area contributed by atoms with Crippen LogP contribution in [0, 0.1) is 23.1 Å². The number of nitrogens with zero attached hydrogens (tertiary/aromatic N) is 1. The lowest BCUT2D eigenvalue weighted by molar-refractivity contribution is 0.363. The topological polar surface area (TPSA) is 3.24 Å². The maximum atomic E-state index is 13.6. The molecule has 0 fully saturated rings. The van der Waals surface area contributed by atoms with Crippen molar-refractivity contribution in [3.8, 4) is 11.8 Å². The minimum Gasteiger partial charge on any atom is -0.298 e. The van der Waals surface area contributed by atoms with Crippen molar-refractivity contribution in [1.82, 2.24) is 4.90 Å². The first-order valence-electron chi connectivity index (χ1n) is 7.49. The molecular formula is C20H27ClFN. The largest absolute Gasteiger partial charge is 0.298 e. The fraction of sp³-hybridized carbons (Fsp3) is 0.400. The number of hydrogen-bond donors (Lipinski definition) is 0. The average Bonchev–Trinajstić information content (AvgIpc) is 2.39. The highest BCUT2D eigenvalue weighted by Gasteiger charge is 2.06. The summed E-state index contributed by atoms with van der Waals surface area (Å²) in [6.45, 7) is 13.5. The normalized spacial score (nSPS) is 11.1. The van der Waals surface area contributed by atoms with E-state index in [1.807, 2.05) is 38.3 Å². The first-order valence-corrected chi connectivity index (χ1v) is 7.49. The monoisotopic (exact) mass is 335 g/mol. The van der Waals surface area contributed by atoms with Gasteiger partial charge in [0.15, 0.2) is 0 Å². The number of benzene rings is 1. The Kier molecular flexibility index (Phi) is 8.90. The van der Waals surface area contributed by atoms with E-state index in [9.17, 15) is 4.39 Å². The standard InChI is InChI=1S/C20H26FN.ClH/c1-16(2)18-14-17(10-11-19(18)21)15-22(6)13-9-7-8-12-20(3,4)5;/h7,9-11,14H,1,13,15H2,2-6H3;1H/b9-7+;. The van der Waals surface area contributed by atoms with Crippen molar-refractivity contribution in [2.75, 3.05) is 13.6 Å². The summed E-state index contributed by atoms with van der Waals surface area (Å²) in [6, 6.07) is 5.20. The van der Waals surface area contributed by atoms with Crippen LogP contribution < -0.4 is 0 Å². The van der Waals surface area contributed by atoms with Crippen molar-refractivity contribution in [3.63, 3.8) is 0 Å². The molecule has 1 rings (SSSR count). The minimum atomic E-state index is -0.212. The fourth-order valence-electron chi connectivity index (χ4n) is 1.92. The Balaban J connectivity index is 0.00000484. The Morgan fingerprint density at radius 3 is 2.57 bits per heavy atom. The number of likely N-dealkylation sites (N-methyl/N-ethyl adjacent to an activating group) is 1. The van der Waals surface area contributed by atoms with E-state index in [0.717, 1.165) is 24.2 Å². The highest BCUT2D eigenvalue weighted by molar-refractivity contribution is 5.85. The molecule has 0 aromatic heterocycles. The third-order valence-corrected chi connectivity index (χ3v) is 3.01. The lowest BCUT2D eigenvalue weighted by Crippen LogP contribution is -2.17. The van der Waals surface area contributed by atoms with E-state index >= 15 is 0 Å². The maximum absolute atomic E-state index is 13.6. The highest BCUT2D eigenvalue weighted by Crippen LogP contribution is 2.18. The molecular weight excluding hydrogens is 309 g/mol. The van der Waals surface area contributed by atoms with Gasteiger partial charge >= 0.3 is 0 Å². The van der Waals surface area contributed by atoms with Gasteiger partial charge in [0.1, 0.15) is 5.82 Å². The molecule has 0 atom stereocenters. The molecule has 0 bridgehead atoms. The Morgan fingerprint density at radius 2 is 2.00 bits per heavy atom. The summed E-state index contributed by atoms with van der Waals surface area (Å²) >= 11 is 0. The van der Waals surface area contributed by atoms with Crippen LogP contribution in [0.1, 0.15) is 38.8 Å². The smallest absolute Gasteiger partial charge is 0.130 e. The van der Waals surface area contributed by atoms with Gasteiger partial charge in [-0.15, -0.1) is 12.4 Å². The van der Waals surface area contributed by atoms with Gasteiger partial charge in [0, 0.05) is 24.1 Å². The Labute approximate surface area is 146 Å². The molecule has 1 aromatic carbocycles. The van der Waals surface area contributed by atoms with Crippen LogP contribution in [-0.2, 0) is 6.54 Å². The fourth-order valence-corrected chi connectivity index (χ4v) is 1.92. The van der Waals surface area contributed by atoms with E-state index in [2.05, 4.69) is 44.1 Å². The zero-order chi connectivity index (χ0) is 16.8. The molecule has 0 aliphatic carbocycles. The van der Waals surface area contributed by atoms with Crippen LogP contribution in [0.15, 0.2) is 36.9 Å². The quantitative estimate of drug-likeness (QED) is 0.658. The molecule has 0 N–H and O–H groups in total. The predicted octanol–water partition coefficient (Wildman–Crippen LogP) is 5.32. The van der Waals surface area contributed by atoms with Crippen molar-refractivity contribution < 1.29 is 4.39 Å². The van der Waals surface area contributed by atoms with Gasteiger partial charge in [0.2, 0.25) is 0 Å². The van der Waals surface area contributed by atoms with Gasteiger partial charge in [-0.3, -0.25) is 4.90 Å². The molecule has 0 amide bonds. The first-order chi connectivity index (χ1) is 10.2. The molecule has 0 unspecified atom stereocenters. The molecule has 1 nitrogen and oxygen atoms in total. The molecule has 3 heteroatoms. The molecule has 0 heterocycles. The SMILES string of the molecule is C=C(C)c1cc(CN(C)C/C=C/C#CC(C)(C)C)ccc1F.Cl. The summed E-state index contributed by atoms with van der Waals surface area (Å²) in [5.74, 6) is 6.01. The highest BCUT2D eigenvalue weighted by atomic mass is 35.5. The zero-order valence-electron chi connectivity index (χ0n) is 14.7. The van der Waals surface area contributed by atoms with Crippen LogP contribution in [0.25, 0.3) is 5.57 Å². The van der Waals surface area contributed by atoms with Gasteiger partial charge < -0.3 is 0 Å². The van der Waals surface area contributed by atoms with Gasteiger partial charge in [0.05, 0.1) is 0 Å². The molecule has 1 aromatic rings. The molecule has 0 aliphatic heterocycles. The summed E-state index contributed by atoms with van der Waals surface area (Å²) in [6.07, 6.45) is 3.94. The minimum absolute atomic E-state index is 0. The number of halogens is 2. The molecule has 23 heavy (non-hydrogen) atoms. The van der Waals surface area contributed by atoms with Crippen LogP contribution in [0.5, 0.6) is 0 Å². The van der Waals surface area contributed by atoms with Crippen molar-refractivity contribution in [1.29, 1.82) is 0 Å². The van der Waals surface area contributed by atoms with Crippen LogP contribution in [0.4, 0.5) is 4.39 Å². The summed E-state index contributed by atoms with van der Waals surface area (Å²) in [7, 11) is 2.03. The van der Waals surface area contributed by atoms with Crippen LogP contribution in [0.3, 0.4) is 0 Å². The van der Waals surface area contributed by atoms with Gasteiger partial charge in [-0.25, -0.2) is 4.39 Å². The van der Waals surface area contributed by atoms with Crippen LogP contribution >= 0.6 is 12.4 Å². The van der Waals surface area contributed by atoms with Crippen molar-refractivity contribution >= 4 is 18.0 Å². The van der Waals surface area contributed by atoms with Gasteiger partial charge in [-0.2, -0.15) is 0 Å². The van der Waals surface area contributed by atoms with Crippen molar-refractivity contribution in [3.05, 3.63) is 53.9 Å². The lowest BCUT2D eigenvalue weighted by atomic mass is 9.98. The number of allylic oxidation sites excluding steroid dienone is 2. The van der Waals surface area contributed by atoms with Gasteiger partial charge in [0.25, 0.3) is 0 Å². The lowest BCUT2D eigenvalue weighted by Gasteiger charge is -2.15. The summed E-state index contributed by atoms with van der Waals surface area (Å²) in [4.78, 5) is 2.16. The van der Waals surface area contributed by atoms with Gasteiger partial charge in [-0.05, 0) is 64.1 Å². The Morgan fingerprint density at radius 1 is 1.35 bits per heavy atom. The second kappa shape index (κ2) is 9.55. The van der Waals surface area contributed by atoms with E-state index in [1.54, 1.807) is 0 Å². The molecule has 0 spiro atoms. The summed E-state index contributed by atoms with van der Waals surface area (Å²) in [5, 5.41) is 0. The van der Waals surface area contributed by atoms with Crippen molar-refractivity contribution in [2.45, 2.75) is 34.2 Å². The van der Waals surface area contributed by atoms with Crippen LogP contribution in [0.2, 0.25) is 0 Å². The molecule has 0 saturated heterocycles. The number of rotatable bonds is 5. The average molecular weight is 336 g/mol. The second-order valence-corrected chi connectivity index (χ2v) is 6.71. The second-order valence-electron chi connectivity index (χ2n) is 6.71. The molecule has 0 aliphatic rings. The Bertz CT molecular complexity index is 615.